The SMILES string of the molecule is [Ir+3].[Ir+3].[Ir+3].[Ir+3].[c-]1c(-c2ccccn2)cccc1-c1ccccn1.[c-]1c(-c2ccccn2)cccc1-c1ccccn1.[c-]1ccccc1-c1[c-]c(-c2ccccn2)ccc1.[c-]1ccccc1-c1[c-]c(-c2ccccn2)ccc1.[c-]1ccccc1-c1cccc(-c2[c-]cccc2)n1.[c-]1ccccc1-c1cccc(-c2[c-]cccc2)n1.[c-]1ccccc1-c1cccc(-c2ccccn2)n1.[c-]1ccccc1-c1cccc(-c2ccccn2)n1. The minimum absolute atomic E-state index is 0. The van der Waals surface area contributed by atoms with Gasteiger partial charge in [0, 0.05) is 83.7 Å². The standard InChI is InChI=1S/4C17H11N.4C16H11N2.4Ir/c2*1-3-8-14(9-4-1)16-12-7-13-17(18-16)15-10-5-2-6-11-15;2*1-2-7-14(8-3-1)15-9-6-10-16(13-15)17-11-4-5-12-18-17;2*1-3-10-17-15(8-1)13-6-5-7-14(12-13)16-9-2-4-11-18-16;2*1-2-7-13(8-3-1)14-10-6-11-16(18-14)15-9-4-5-12-17-15;;;;/h2*1-8,10,12-13H;2*1-7,9-12H;2*1-11H;2*1-7,9-12H;;;;/q4*-2;4*-1;4*+3. The molecule has 712 valence electrons. The van der Waals surface area contributed by atoms with Gasteiger partial charge >= 0.3 is 80.4 Å². The molecule has 12 heterocycles. The zero-order valence-corrected chi connectivity index (χ0v) is 89.1. The summed E-state index contributed by atoms with van der Waals surface area (Å²) in [4.78, 5) is 53.2. The normalized spacial score (nSPS) is 9.95. The second-order valence-corrected chi connectivity index (χ2v) is 31.5. The van der Waals surface area contributed by atoms with Crippen molar-refractivity contribution in [2.75, 3.05) is 0 Å². The molecule has 0 unspecified atom stereocenters. The fourth-order valence-corrected chi connectivity index (χ4v) is 14.6. The zero-order chi connectivity index (χ0) is 97.7. The molecule has 0 saturated carbocycles. The van der Waals surface area contributed by atoms with Gasteiger partial charge in [0.2, 0.25) is 0 Å². The van der Waals surface area contributed by atoms with Crippen LogP contribution in [0.2, 0.25) is 0 Å². The molecule has 0 saturated heterocycles. The first-order valence-electron chi connectivity index (χ1n) is 46.5. The molecule has 12 nitrogen and oxygen atoms in total. The number of pyridine rings is 12. The summed E-state index contributed by atoms with van der Waals surface area (Å²) >= 11 is 0. The number of hydrogen-bond donors (Lipinski definition) is 0. The summed E-state index contributed by atoms with van der Waals surface area (Å²) < 4.78 is 0. The maximum Gasteiger partial charge on any atom is 3.00 e. The number of benzene rings is 12. The van der Waals surface area contributed by atoms with Crippen LogP contribution in [0.25, 0.3) is 180 Å². The Labute approximate surface area is 919 Å². The molecule has 0 spiro atoms. The van der Waals surface area contributed by atoms with Crippen molar-refractivity contribution in [3.05, 3.63) is 608 Å². The van der Waals surface area contributed by atoms with Crippen LogP contribution < -0.4 is 0 Å². The summed E-state index contributed by atoms with van der Waals surface area (Å²) in [5.41, 5.74) is 30.8. The first kappa shape index (κ1) is 108. The molecule has 12 aromatic heterocycles. The number of aromatic nitrogens is 12. The zero-order valence-electron chi connectivity index (χ0n) is 79.5. The topological polar surface area (TPSA) is 155 Å². The van der Waals surface area contributed by atoms with Gasteiger partial charge in [-0.25, -0.2) is 11.1 Å². The molecule has 0 aliphatic heterocycles. The van der Waals surface area contributed by atoms with Crippen molar-refractivity contribution in [2.24, 2.45) is 0 Å². The van der Waals surface area contributed by atoms with Crippen LogP contribution in [0.1, 0.15) is 0 Å². The Balaban J connectivity index is 0.000000141. The Hall–Kier alpha value is -17.0. The monoisotopic (exact) mass is 2610 g/mol. The molecular formula is C132H88Ir4N12. The van der Waals surface area contributed by atoms with E-state index >= 15 is 0 Å². The maximum atomic E-state index is 4.65. The summed E-state index contributed by atoms with van der Waals surface area (Å²) in [6.07, 6.45) is 14.3. The Morgan fingerprint density at radius 2 is 0.236 bits per heavy atom. The maximum absolute atomic E-state index is 4.65. The van der Waals surface area contributed by atoms with Crippen LogP contribution in [0.3, 0.4) is 0 Å². The van der Waals surface area contributed by atoms with Gasteiger partial charge in [0.15, 0.2) is 0 Å². The minimum atomic E-state index is 0. The van der Waals surface area contributed by atoms with E-state index in [4.69, 9.17) is 0 Å². The van der Waals surface area contributed by atoms with E-state index in [2.05, 4.69) is 133 Å². The van der Waals surface area contributed by atoms with E-state index < -0.39 is 0 Å². The molecule has 148 heavy (non-hydrogen) atoms. The van der Waals surface area contributed by atoms with E-state index in [-0.39, 0.29) is 80.4 Å². The van der Waals surface area contributed by atoms with Gasteiger partial charge < -0.3 is 9.97 Å². The predicted octanol–water partition coefficient (Wildman–Crippen LogP) is 30.5. The van der Waals surface area contributed by atoms with E-state index in [0.717, 1.165) is 180 Å². The van der Waals surface area contributed by atoms with Gasteiger partial charge in [-0.15, -0.1) is 311 Å². The third-order valence-electron chi connectivity index (χ3n) is 21.6. The molecule has 0 fully saturated rings. The molecule has 0 amide bonds. The van der Waals surface area contributed by atoms with Gasteiger partial charge in [-0.05, 0) is 107 Å². The Bertz CT molecular complexity index is 6070. The van der Waals surface area contributed by atoms with Crippen LogP contribution in [-0.2, 0) is 80.4 Å². The van der Waals surface area contributed by atoms with Crippen LogP contribution >= 0.6 is 0 Å². The van der Waals surface area contributed by atoms with Crippen molar-refractivity contribution in [3.63, 3.8) is 0 Å². The van der Waals surface area contributed by atoms with E-state index in [1.54, 1.807) is 49.6 Å². The molecule has 0 N–H and O–H groups in total. The van der Waals surface area contributed by atoms with Gasteiger partial charge in [-0.2, -0.15) is 83.9 Å². The van der Waals surface area contributed by atoms with Crippen LogP contribution in [-0.4, -0.2) is 59.8 Å². The van der Waals surface area contributed by atoms with Crippen molar-refractivity contribution in [2.45, 2.75) is 0 Å². The largest absolute Gasteiger partial charge is 3.00 e. The molecule has 24 aromatic rings. The van der Waals surface area contributed by atoms with Crippen molar-refractivity contribution in [1.82, 2.24) is 59.8 Å². The second kappa shape index (κ2) is 59.3. The molecule has 0 aliphatic carbocycles. The molecule has 0 atom stereocenters. The third kappa shape index (κ3) is 32.5. The molecular weight excluding hydrogens is 2520 g/mol. The number of hydrogen-bond acceptors (Lipinski definition) is 12. The number of rotatable bonds is 16. The van der Waals surface area contributed by atoms with Crippen LogP contribution in [0, 0.1) is 72.8 Å². The summed E-state index contributed by atoms with van der Waals surface area (Å²) in [6.45, 7) is 0. The van der Waals surface area contributed by atoms with Gasteiger partial charge in [0.05, 0.1) is 22.8 Å². The molecule has 24 rings (SSSR count). The summed E-state index contributed by atoms with van der Waals surface area (Å²) in [7, 11) is 0. The van der Waals surface area contributed by atoms with E-state index in [1.165, 1.54) is 0 Å². The Morgan fingerprint density at radius 3 is 0.412 bits per heavy atom. The van der Waals surface area contributed by atoms with Crippen LogP contribution in [0.15, 0.2) is 535 Å². The molecule has 12 aromatic carbocycles. The van der Waals surface area contributed by atoms with Crippen molar-refractivity contribution in [1.29, 1.82) is 0 Å². The van der Waals surface area contributed by atoms with Crippen molar-refractivity contribution >= 4 is 0 Å². The fraction of sp³-hybridized carbons (Fsp3) is 0. The van der Waals surface area contributed by atoms with E-state index in [0.29, 0.717) is 0 Å². The first-order valence-corrected chi connectivity index (χ1v) is 46.5. The van der Waals surface area contributed by atoms with Gasteiger partial charge in [-0.3, -0.25) is 49.8 Å². The van der Waals surface area contributed by atoms with Gasteiger partial charge in [-0.1, -0.05) is 168 Å². The van der Waals surface area contributed by atoms with Crippen molar-refractivity contribution in [3.8, 4) is 180 Å². The average molecular weight is 2610 g/mol. The summed E-state index contributed by atoms with van der Waals surface area (Å²) in [6, 6.07) is 197. The Kier molecular flexibility index (Phi) is 43.4. The minimum Gasteiger partial charge on any atom is -0.345 e. The smallest absolute Gasteiger partial charge is 0.345 e. The average Bonchev–Trinajstić information content (AvgIpc) is 0.868. The van der Waals surface area contributed by atoms with Gasteiger partial charge in [0.25, 0.3) is 0 Å². The molecule has 0 radical (unpaired) electrons. The predicted molar refractivity (Wildman–Crippen MR) is 578 cm³/mol. The molecule has 0 aliphatic rings. The number of nitrogens with zero attached hydrogens (tertiary/aromatic N) is 12. The Morgan fingerprint density at radius 1 is 0.101 bits per heavy atom. The first-order chi connectivity index (χ1) is 71.5. The van der Waals surface area contributed by atoms with Crippen LogP contribution in [0.5, 0.6) is 0 Å². The summed E-state index contributed by atoms with van der Waals surface area (Å²) in [5, 5.41) is 0. The van der Waals surface area contributed by atoms with Crippen LogP contribution in [0.4, 0.5) is 0 Å². The van der Waals surface area contributed by atoms with E-state index in [9.17, 15) is 0 Å². The van der Waals surface area contributed by atoms with Crippen molar-refractivity contribution < 1.29 is 80.4 Å². The fourth-order valence-electron chi connectivity index (χ4n) is 14.6. The molecule has 0 bridgehead atoms. The van der Waals surface area contributed by atoms with Gasteiger partial charge in [0.1, 0.15) is 0 Å². The quantitative estimate of drug-likeness (QED) is 0.0846. The van der Waals surface area contributed by atoms with E-state index in [1.807, 2.05) is 485 Å². The molecule has 16 heteroatoms. The second-order valence-electron chi connectivity index (χ2n) is 31.5. The third-order valence-corrected chi connectivity index (χ3v) is 21.6. The summed E-state index contributed by atoms with van der Waals surface area (Å²) in [5.74, 6) is 0.